The number of ketones is 1. The summed E-state index contributed by atoms with van der Waals surface area (Å²) < 4.78 is 26.8. The van der Waals surface area contributed by atoms with E-state index in [-0.39, 0.29) is 5.56 Å². The summed E-state index contributed by atoms with van der Waals surface area (Å²) in [5.41, 5.74) is 2.03. The van der Waals surface area contributed by atoms with Gasteiger partial charge in [-0.05, 0) is 35.7 Å². The number of Topliss-reactive ketones (excluding diaryl/α,β-unsaturated/α-hetero) is 1. The zero-order valence-electron chi connectivity index (χ0n) is 14.1. The van der Waals surface area contributed by atoms with Gasteiger partial charge in [-0.15, -0.1) is 0 Å². The normalized spacial score (nSPS) is 12.3. The number of hydrogen-bond donors (Lipinski definition) is 2. The molecule has 0 amide bonds. The molecule has 1 aromatic heterocycles. The zero-order chi connectivity index (χ0) is 18.8. The van der Waals surface area contributed by atoms with Crippen molar-refractivity contribution < 1.29 is 23.5 Å². The number of rotatable bonds is 6. The van der Waals surface area contributed by atoms with Crippen LogP contribution in [0.1, 0.15) is 40.7 Å². The van der Waals surface area contributed by atoms with Crippen molar-refractivity contribution in [2.45, 2.75) is 25.7 Å². The summed E-state index contributed by atoms with van der Waals surface area (Å²) in [4.78, 5) is 27.2. The third-order valence-electron chi connectivity index (χ3n) is 4.48. The fourth-order valence-electron chi connectivity index (χ4n) is 3.05. The molecule has 0 aliphatic carbocycles. The molecular formula is C20H17F2NO3. The quantitative estimate of drug-likeness (QED) is 0.640. The lowest BCUT2D eigenvalue weighted by Crippen LogP contribution is -2.17. The predicted octanol–water partition coefficient (Wildman–Crippen LogP) is 4.45. The fourth-order valence-corrected chi connectivity index (χ4v) is 3.05. The number of aromatic nitrogens is 1. The van der Waals surface area contributed by atoms with E-state index in [9.17, 15) is 23.5 Å². The molecule has 3 aromatic rings. The van der Waals surface area contributed by atoms with Gasteiger partial charge >= 0.3 is 5.97 Å². The maximum atomic E-state index is 13.8. The van der Waals surface area contributed by atoms with Crippen LogP contribution < -0.4 is 0 Å². The summed E-state index contributed by atoms with van der Waals surface area (Å²) in [7, 11) is 0. The Kier molecular flexibility index (Phi) is 4.84. The van der Waals surface area contributed by atoms with E-state index in [2.05, 4.69) is 4.98 Å². The number of fused-ring (bicyclic) bond motifs is 1. The van der Waals surface area contributed by atoms with E-state index >= 15 is 0 Å². The highest BCUT2D eigenvalue weighted by molar-refractivity contribution is 6.00. The Hall–Kier alpha value is -3.02. The van der Waals surface area contributed by atoms with Crippen molar-refractivity contribution in [2.24, 2.45) is 0 Å². The molecule has 0 spiro atoms. The van der Waals surface area contributed by atoms with Crippen LogP contribution in [0.25, 0.3) is 10.9 Å². The molecule has 134 valence electrons. The minimum absolute atomic E-state index is 0.314. The van der Waals surface area contributed by atoms with Crippen LogP contribution in [-0.2, 0) is 11.2 Å². The number of carbonyl (C=O) groups excluding carboxylic acids is 1. The topological polar surface area (TPSA) is 70.2 Å². The molecule has 26 heavy (non-hydrogen) atoms. The van der Waals surface area contributed by atoms with Gasteiger partial charge in [0.25, 0.3) is 0 Å². The van der Waals surface area contributed by atoms with Crippen molar-refractivity contribution in [3.05, 3.63) is 70.9 Å². The standard InChI is InChI=1S/C20H17F2NO3/c1-2-11-3-5-13-16(10-23-18(13)7-11)15(20(25)26)9-19(24)14-6-4-12(21)8-17(14)22/h3-8,10,15,23H,2,9H2,1H3,(H,25,26). The van der Waals surface area contributed by atoms with E-state index in [1.54, 1.807) is 6.20 Å². The number of aryl methyl sites for hydroxylation is 1. The summed E-state index contributed by atoms with van der Waals surface area (Å²) in [6, 6.07) is 8.28. The maximum absolute atomic E-state index is 13.8. The van der Waals surface area contributed by atoms with Crippen LogP contribution in [0, 0.1) is 11.6 Å². The van der Waals surface area contributed by atoms with Crippen LogP contribution in [0.4, 0.5) is 8.78 Å². The molecule has 2 aromatic carbocycles. The van der Waals surface area contributed by atoms with Crippen molar-refractivity contribution in [3.8, 4) is 0 Å². The van der Waals surface area contributed by atoms with E-state index in [4.69, 9.17) is 0 Å². The van der Waals surface area contributed by atoms with E-state index in [1.807, 2.05) is 25.1 Å². The number of halogens is 2. The molecule has 0 radical (unpaired) electrons. The van der Waals surface area contributed by atoms with Crippen LogP contribution >= 0.6 is 0 Å². The molecule has 0 saturated heterocycles. The molecule has 0 fully saturated rings. The van der Waals surface area contributed by atoms with Crippen LogP contribution in [0.5, 0.6) is 0 Å². The SMILES string of the molecule is CCc1ccc2c(C(CC(=O)c3ccc(F)cc3F)C(=O)O)c[nH]c2c1. The first-order valence-corrected chi connectivity index (χ1v) is 8.21. The Labute approximate surface area is 148 Å². The van der Waals surface area contributed by atoms with Gasteiger partial charge in [-0.1, -0.05) is 19.1 Å². The summed E-state index contributed by atoms with van der Waals surface area (Å²) in [5, 5.41) is 10.3. The molecule has 0 aliphatic rings. The third-order valence-corrected chi connectivity index (χ3v) is 4.48. The molecule has 0 bridgehead atoms. The van der Waals surface area contributed by atoms with Gasteiger partial charge in [0.1, 0.15) is 11.6 Å². The highest BCUT2D eigenvalue weighted by atomic mass is 19.1. The second kappa shape index (κ2) is 7.07. The van der Waals surface area contributed by atoms with Crippen molar-refractivity contribution in [1.29, 1.82) is 0 Å². The first-order chi connectivity index (χ1) is 12.4. The monoisotopic (exact) mass is 357 g/mol. The number of carbonyl (C=O) groups is 2. The minimum Gasteiger partial charge on any atom is -0.481 e. The molecule has 6 heteroatoms. The number of aromatic amines is 1. The second-order valence-electron chi connectivity index (χ2n) is 6.12. The average Bonchev–Trinajstić information content (AvgIpc) is 3.01. The summed E-state index contributed by atoms with van der Waals surface area (Å²) in [6.07, 6.45) is 1.99. The maximum Gasteiger partial charge on any atom is 0.311 e. The predicted molar refractivity (Wildman–Crippen MR) is 93.4 cm³/mol. The van der Waals surface area contributed by atoms with Gasteiger partial charge in [0.05, 0.1) is 11.5 Å². The molecule has 2 N–H and O–H groups in total. The van der Waals surface area contributed by atoms with Crippen LogP contribution in [-0.4, -0.2) is 21.8 Å². The number of aliphatic carboxylic acids is 1. The van der Waals surface area contributed by atoms with Crippen molar-refractivity contribution in [2.75, 3.05) is 0 Å². The van der Waals surface area contributed by atoms with Crippen molar-refractivity contribution in [1.82, 2.24) is 4.98 Å². The molecule has 0 aliphatic heterocycles. The lowest BCUT2D eigenvalue weighted by Gasteiger charge is -2.12. The van der Waals surface area contributed by atoms with Crippen LogP contribution in [0.15, 0.2) is 42.6 Å². The molecule has 1 heterocycles. The molecule has 1 atom stereocenters. The van der Waals surface area contributed by atoms with Crippen molar-refractivity contribution in [3.63, 3.8) is 0 Å². The fraction of sp³-hybridized carbons (Fsp3) is 0.200. The van der Waals surface area contributed by atoms with E-state index in [1.165, 1.54) is 0 Å². The van der Waals surface area contributed by atoms with Gasteiger partial charge in [0.15, 0.2) is 5.78 Å². The average molecular weight is 357 g/mol. The van der Waals surface area contributed by atoms with Gasteiger partial charge in [-0.25, -0.2) is 8.78 Å². The minimum atomic E-state index is -1.18. The van der Waals surface area contributed by atoms with E-state index < -0.39 is 35.7 Å². The van der Waals surface area contributed by atoms with Gasteiger partial charge in [0, 0.05) is 29.6 Å². The zero-order valence-corrected chi connectivity index (χ0v) is 14.1. The Morgan fingerprint density at radius 2 is 1.92 bits per heavy atom. The van der Waals surface area contributed by atoms with Crippen molar-refractivity contribution >= 4 is 22.7 Å². The Morgan fingerprint density at radius 3 is 2.58 bits per heavy atom. The largest absolute Gasteiger partial charge is 0.481 e. The van der Waals surface area contributed by atoms with E-state index in [0.717, 1.165) is 29.6 Å². The Bertz CT molecular complexity index is 994. The summed E-state index contributed by atoms with van der Waals surface area (Å²) in [5.74, 6) is -4.79. The van der Waals surface area contributed by atoms with Gasteiger partial charge < -0.3 is 10.1 Å². The van der Waals surface area contributed by atoms with Crippen LogP contribution in [0.3, 0.4) is 0 Å². The number of carboxylic acid groups (broad SMARTS) is 1. The lowest BCUT2D eigenvalue weighted by molar-refractivity contribution is -0.138. The number of H-pyrrole nitrogens is 1. The molecule has 0 saturated carbocycles. The number of nitrogens with one attached hydrogen (secondary N) is 1. The lowest BCUT2D eigenvalue weighted by atomic mass is 9.91. The highest BCUT2D eigenvalue weighted by Gasteiger charge is 2.27. The molecule has 1 unspecified atom stereocenters. The summed E-state index contributed by atoms with van der Waals surface area (Å²) in [6.45, 7) is 2.01. The molecule has 3 rings (SSSR count). The first kappa shape index (κ1) is 17.8. The van der Waals surface area contributed by atoms with Gasteiger partial charge in [-0.3, -0.25) is 9.59 Å². The molecule has 4 nitrogen and oxygen atoms in total. The van der Waals surface area contributed by atoms with Crippen LogP contribution in [0.2, 0.25) is 0 Å². The number of hydrogen-bond acceptors (Lipinski definition) is 2. The van der Waals surface area contributed by atoms with Gasteiger partial charge in [-0.2, -0.15) is 0 Å². The summed E-state index contributed by atoms with van der Waals surface area (Å²) >= 11 is 0. The Morgan fingerprint density at radius 1 is 1.15 bits per heavy atom. The third kappa shape index (κ3) is 3.35. The van der Waals surface area contributed by atoms with Gasteiger partial charge in [0.2, 0.25) is 0 Å². The van der Waals surface area contributed by atoms with E-state index in [0.29, 0.717) is 17.0 Å². The Balaban J connectivity index is 1.95. The highest BCUT2D eigenvalue weighted by Crippen LogP contribution is 2.30. The smallest absolute Gasteiger partial charge is 0.311 e. The molecular weight excluding hydrogens is 340 g/mol. The first-order valence-electron chi connectivity index (χ1n) is 8.21. The number of benzene rings is 2. The second-order valence-corrected chi connectivity index (χ2v) is 6.12. The number of carboxylic acids is 1.